The number of anilines is 1. The molecule has 2 aromatic carbocycles. The molecule has 4 rings (SSSR count). The number of nitrogens with one attached hydrogen (secondary N) is 2. The second-order valence-electron chi connectivity index (χ2n) is 7.43. The number of aromatic amines is 1. The van der Waals surface area contributed by atoms with Crippen LogP contribution in [0, 0.1) is 6.92 Å². The summed E-state index contributed by atoms with van der Waals surface area (Å²) in [6.07, 6.45) is 1.86. The van der Waals surface area contributed by atoms with E-state index >= 15 is 0 Å². The number of fused-ring (bicyclic) bond motifs is 1. The van der Waals surface area contributed by atoms with Crippen molar-refractivity contribution in [1.82, 2.24) is 4.98 Å². The summed E-state index contributed by atoms with van der Waals surface area (Å²) in [5.41, 5.74) is 4.43. The van der Waals surface area contributed by atoms with Gasteiger partial charge in [0.15, 0.2) is 0 Å². The lowest BCUT2D eigenvalue weighted by atomic mass is 10.1. The highest BCUT2D eigenvalue weighted by molar-refractivity contribution is 6.08. The number of ketones is 1. The van der Waals surface area contributed by atoms with Crippen molar-refractivity contribution in [3.63, 3.8) is 0 Å². The zero-order chi connectivity index (χ0) is 18.1. The average Bonchev–Trinajstić information content (AvgIpc) is 3.06. The first-order chi connectivity index (χ1) is 12.6. The Labute approximate surface area is 154 Å². The van der Waals surface area contributed by atoms with Crippen molar-refractivity contribution < 1.29 is 9.69 Å². The van der Waals surface area contributed by atoms with E-state index in [1.807, 2.05) is 30.5 Å². The number of carbonyl (C=O) groups excluding carboxylic acids is 1. The summed E-state index contributed by atoms with van der Waals surface area (Å²) >= 11 is 0. The predicted molar refractivity (Wildman–Crippen MR) is 106 cm³/mol. The van der Waals surface area contributed by atoms with Gasteiger partial charge in [-0.3, -0.25) is 4.79 Å². The van der Waals surface area contributed by atoms with Crippen molar-refractivity contribution in [3.05, 3.63) is 65.9 Å². The second-order valence-corrected chi connectivity index (χ2v) is 7.43. The molecule has 0 aliphatic carbocycles. The molecule has 1 aliphatic rings. The smallest absolute Gasteiger partial charge is 0.219 e. The maximum atomic E-state index is 12.8. The Bertz CT molecular complexity index is 930. The number of para-hydroxylation sites is 1. The number of hydrogen-bond donors (Lipinski definition) is 2. The summed E-state index contributed by atoms with van der Waals surface area (Å²) < 4.78 is 0. The number of aryl methyl sites for hydroxylation is 1. The molecule has 2 atom stereocenters. The van der Waals surface area contributed by atoms with Crippen LogP contribution >= 0.6 is 0 Å². The van der Waals surface area contributed by atoms with Gasteiger partial charge in [0.1, 0.15) is 6.54 Å². The first-order valence-corrected chi connectivity index (χ1v) is 9.38. The molecule has 0 spiro atoms. The molecule has 3 aromatic rings. The van der Waals surface area contributed by atoms with Crippen molar-refractivity contribution in [2.45, 2.75) is 19.9 Å². The number of rotatable bonds is 4. The van der Waals surface area contributed by atoms with Crippen molar-refractivity contribution >= 4 is 22.4 Å². The fourth-order valence-electron chi connectivity index (χ4n) is 4.10. The number of nitrogens with zero attached hydrogens (tertiary/aromatic N) is 1. The molecule has 1 saturated heterocycles. The van der Waals surface area contributed by atoms with Crippen LogP contribution in [-0.2, 0) is 0 Å². The van der Waals surface area contributed by atoms with Crippen LogP contribution in [0.3, 0.4) is 0 Å². The van der Waals surface area contributed by atoms with Crippen molar-refractivity contribution in [2.75, 3.05) is 31.1 Å². The number of carbonyl (C=O) groups is 1. The van der Waals surface area contributed by atoms with E-state index in [9.17, 15) is 4.79 Å². The van der Waals surface area contributed by atoms with Gasteiger partial charge in [-0.25, -0.2) is 0 Å². The van der Waals surface area contributed by atoms with Crippen LogP contribution in [0.25, 0.3) is 10.9 Å². The Kier molecular flexibility index (Phi) is 4.51. The number of H-pyrrole nitrogens is 1. The summed E-state index contributed by atoms with van der Waals surface area (Å²) in [7, 11) is 0. The van der Waals surface area contributed by atoms with Crippen LogP contribution in [0.5, 0.6) is 0 Å². The van der Waals surface area contributed by atoms with Crippen LogP contribution in [0.4, 0.5) is 5.69 Å². The summed E-state index contributed by atoms with van der Waals surface area (Å²) in [5, 5.41) is 1.03. The molecule has 1 aromatic heterocycles. The van der Waals surface area contributed by atoms with Gasteiger partial charge in [-0.2, -0.15) is 0 Å². The van der Waals surface area contributed by atoms with Crippen LogP contribution in [0.2, 0.25) is 0 Å². The van der Waals surface area contributed by atoms with Gasteiger partial charge in [0.25, 0.3) is 0 Å². The molecule has 1 aliphatic heterocycles. The summed E-state index contributed by atoms with van der Waals surface area (Å²) in [4.78, 5) is 19.9. The molecule has 0 bridgehead atoms. The van der Waals surface area contributed by atoms with Crippen molar-refractivity contribution in [3.8, 4) is 0 Å². The molecule has 2 heterocycles. The molecule has 134 valence electrons. The number of hydrogen-bond acceptors (Lipinski definition) is 2. The Morgan fingerprint density at radius 2 is 2.08 bits per heavy atom. The maximum absolute atomic E-state index is 12.8. The Hall–Kier alpha value is -2.59. The molecule has 4 heteroatoms. The van der Waals surface area contributed by atoms with E-state index in [1.54, 1.807) is 0 Å². The van der Waals surface area contributed by atoms with Gasteiger partial charge in [0.05, 0.1) is 25.7 Å². The molecule has 0 amide bonds. The molecule has 1 fully saturated rings. The SMILES string of the molecule is Cc1cccc(N2CC[NH+](CC(=O)c3c[nH]c4ccccc34)C[C@@H]2C)c1. The lowest BCUT2D eigenvalue weighted by molar-refractivity contribution is -0.894. The lowest BCUT2D eigenvalue weighted by Gasteiger charge is -2.38. The van der Waals surface area contributed by atoms with Crippen LogP contribution in [0.1, 0.15) is 22.8 Å². The predicted octanol–water partition coefficient (Wildman–Crippen LogP) is 2.45. The van der Waals surface area contributed by atoms with Gasteiger partial charge in [0, 0.05) is 28.4 Å². The van der Waals surface area contributed by atoms with Gasteiger partial charge in [0.2, 0.25) is 5.78 Å². The minimum Gasteiger partial charge on any atom is -0.360 e. The van der Waals surface area contributed by atoms with Crippen LogP contribution in [-0.4, -0.2) is 43.0 Å². The number of quaternary nitrogens is 1. The molecule has 2 N–H and O–H groups in total. The Balaban J connectivity index is 1.43. The van der Waals surface area contributed by atoms with Crippen molar-refractivity contribution in [1.29, 1.82) is 0 Å². The Morgan fingerprint density at radius 1 is 1.23 bits per heavy atom. The summed E-state index contributed by atoms with van der Waals surface area (Å²) in [5.74, 6) is 0.230. The minimum atomic E-state index is 0.230. The van der Waals surface area contributed by atoms with Gasteiger partial charge in [-0.1, -0.05) is 30.3 Å². The number of benzene rings is 2. The fourth-order valence-corrected chi connectivity index (χ4v) is 4.10. The van der Waals surface area contributed by atoms with Crippen molar-refractivity contribution in [2.24, 2.45) is 0 Å². The first kappa shape index (κ1) is 16.9. The third kappa shape index (κ3) is 3.25. The van der Waals surface area contributed by atoms with Gasteiger partial charge in [-0.15, -0.1) is 0 Å². The molecule has 1 unspecified atom stereocenters. The van der Waals surface area contributed by atoms with E-state index in [0.717, 1.165) is 36.1 Å². The van der Waals surface area contributed by atoms with Crippen LogP contribution in [0.15, 0.2) is 54.7 Å². The van der Waals surface area contributed by atoms with E-state index < -0.39 is 0 Å². The van der Waals surface area contributed by atoms with Gasteiger partial charge in [-0.05, 0) is 37.6 Å². The zero-order valence-electron chi connectivity index (χ0n) is 15.5. The fraction of sp³-hybridized carbons (Fsp3) is 0.318. The number of aromatic nitrogens is 1. The highest BCUT2D eigenvalue weighted by Gasteiger charge is 2.29. The normalized spacial score (nSPS) is 20.5. The molecular formula is C22H26N3O+. The average molecular weight is 348 g/mol. The molecule has 4 nitrogen and oxygen atoms in total. The molecule has 26 heavy (non-hydrogen) atoms. The summed E-state index contributed by atoms with van der Waals surface area (Å²) in [6.45, 7) is 7.93. The van der Waals surface area contributed by atoms with Crippen LogP contribution < -0.4 is 9.80 Å². The van der Waals surface area contributed by atoms with E-state index in [-0.39, 0.29) is 5.78 Å². The monoisotopic (exact) mass is 348 g/mol. The molecular weight excluding hydrogens is 322 g/mol. The van der Waals surface area contributed by atoms with E-state index in [4.69, 9.17) is 0 Å². The standard InChI is InChI=1S/C22H25N3O/c1-16-6-5-7-18(12-16)25-11-10-24(14-17(25)2)15-22(26)20-13-23-21-9-4-3-8-19(20)21/h3-9,12-13,17,23H,10-11,14-15H2,1-2H3/p+1/t17-/m0/s1. The van der Waals surface area contributed by atoms with E-state index in [2.05, 4.69) is 48.0 Å². The van der Waals surface area contributed by atoms with E-state index in [1.165, 1.54) is 16.2 Å². The minimum absolute atomic E-state index is 0.230. The number of piperazine rings is 1. The highest BCUT2D eigenvalue weighted by Crippen LogP contribution is 2.19. The quantitative estimate of drug-likeness (QED) is 0.711. The Morgan fingerprint density at radius 3 is 2.88 bits per heavy atom. The molecule has 0 radical (unpaired) electrons. The first-order valence-electron chi connectivity index (χ1n) is 9.38. The largest absolute Gasteiger partial charge is 0.360 e. The zero-order valence-corrected chi connectivity index (χ0v) is 15.5. The maximum Gasteiger partial charge on any atom is 0.219 e. The van der Waals surface area contributed by atoms with Gasteiger partial charge < -0.3 is 14.8 Å². The topological polar surface area (TPSA) is 40.5 Å². The van der Waals surface area contributed by atoms with Gasteiger partial charge >= 0.3 is 0 Å². The second kappa shape index (κ2) is 6.96. The number of Topliss-reactive ketones (excluding diaryl/α,β-unsaturated/α-hetero) is 1. The third-order valence-corrected chi connectivity index (χ3v) is 5.46. The summed E-state index contributed by atoms with van der Waals surface area (Å²) in [6, 6.07) is 17.1. The van der Waals surface area contributed by atoms with E-state index in [0.29, 0.717) is 12.6 Å². The highest BCUT2D eigenvalue weighted by atomic mass is 16.1. The lowest BCUT2D eigenvalue weighted by Crippen LogP contribution is -3.16. The third-order valence-electron chi connectivity index (χ3n) is 5.46. The molecule has 0 saturated carbocycles.